The van der Waals surface area contributed by atoms with E-state index < -0.39 is 12.1 Å². The third-order valence-corrected chi connectivity index (χ3v) is 2.66. The van der Waals surface area contributed by atoms with Gasteiger partial charge in [-0.25, -0.2) is 4.39 Å². The molecule has 1 unspecified atom stereocenters. The van der Waals surface area contributed by atoms with E-state index in [4.69, 9.17) is 5.11 Å². The fourth-order valence-corrected chi connectivity index (χ4v) is 1.71. The van der Waals surface area contributed by atoms with Crippen molar-refractivity contribution >= 4 is 5.97 Å². The molecule has 1 fully saturated rings. The summed E-state index contributed by atoms with van der Waals surface area (Å²) in [5.41, 5.74) is 1.29. The topological polar surface area (TPSA) is 37.3 Å². The molecule has 1 aromatic rings. The number of aliphatic carboxylic acids is 1. The number of carbonyl (C=O) groups is 1. The number of carboxylic acid groups (broad SMARTS) is 1. The fraction of sp³-hybridized carbons (Fsp3) is 0.417. The molecule has 3 heteroatoms. The Morgan fingerprint density at radius 3 is 2.87 bits per heavy atom. The van der Waals surface area contributed by atoms with Crippen LogP contribution in [0.2, 0.25) is 0 Å². The molecule has 1 aromatic carbocycles. The van der Waals surface area contributed by atoms with Crippen LogP contribution in [0.25, 0.3) is 0 Å². The van der Waals surface area contributed by atoms with Gasteiger partial charge in [0.05, 0.1) is 6.42 Å². The summed E-state index contributed by atoms with van der Waals surface area (Å²) in [4.78, 5) is 10.5. The van der Waals surface area contributed by atoms with Crippen molar-refractivity contribution in [1.29, 1.82) is 0 Å². The lowest BCUT2D eigenvalue weighted by Gasteiger charge is -2.08. The molecule has 0 bridgehead atoms. The molecule has 0 saturated heterocycles. The number of hydrogen-bond acceptors (Lipinski definition) is 1. The van der Waals surface area contributed by atoms with Gasteiger partial charge in [-0.1, -0.05) is 24.3 Å². The molecule has 1 aliphatic carbocycles. The van der Waals surface area contributed by atoms with Crippen molar-refractivity contribution in [1.82, 2.24) is 0 Å². The summed E-state index contributed by atoms with van der Waals surface area (Å²) >= 11 is 0. The predicted octanol–water partition coefficient (Wildman–Crippen LogP) is 2.73. The molecule has 2 rings (SSSR count). The van der Waals surface area contributed by atoms with Gasteiger partial charge in [0, 0.05) is 0 Å². The van der Waals surface area contributed by atoms with Crippen molar-refractivity contribution in [2.45, 2.75) is 25.4 Å². The van der Waals surface area contributed by atoms with E-state index in [0.29, 0.717) is 11.1 Å². The van der Waals surface area contributed by atoms with E-state index in [2.05, 4.69) is 0 Å². The lowest BCUT2D eigenvalue weighted by Crippen LogP contribution is -2.01. The molecule has 0 amide bonds. The second kappa shape index (κ2) is 4.01. The van der Waals surface area contributed by atoms with E-state index in [1.54, 1.807) is 24.3 Å². The van der Waals surface area contributed by atoms with Gasteiger partial charge in [0.2, 0.25) is 0 Å². The quantitative estimate of drug-likeness (QED) is 0.826. The van der Waals surface area contributed by atoms with Crippen LogP contribution in [0.4, 0.5) is 4.39 Å². The normalized spacial score (nSPS) is 17.4. The second-order valence-corrected chi connectivity index (χ2v) is 4.05. The Hall–Kier alpha value is -1.38. The van der Waals surface area contributed by atoms with Gasteiger partial charge < -0.3 is 5.11 Å². The number of alkyl halides is 1. The highest BCUT2D eigenvalue weighted by Gasteiger charge is 2.32. The third-order valence-electron chi connectivity index (χ3n) is 2.66. The van der Waals surface area contributed by atoms with Crippen molar-refractivity contribution in [3.63, 3.8) is 0 Å². The van der Waals surface area contributed by atoms with Gasteiger partial charge in [0.1, 0.15) is 6.17 Å². The molecule has 0 radical (unpaired) electrons. The predicted molar refractivity (Wildman–Crippen MR) is 54.4 cm³/mol. The minimum atomic E-state index is -0.918. The first kappa shape index (κ1) is 10.1. The van der Waals surface area contributed by atoms with E-state index in [-0.39, 0.29) is 12.3 Å². The van der Waals surface area contributed by atoms with Crippen LogP contribution in [0.3, 0.4) is 0 Å². The van der Waals surface area contributed by atoms with Crippen LogP contribution in [0, 0.1) is 5.92 Å². The monoisotopic (exact) mass is 208 g/mol. The van der Waals surface area contributed by atoms with Crippen molar-refractivity contribution < 1.29 is 14.3 Å². The molecule has 1 aliphatic rings. The SMILES string of the molecule is O=C(O)Cc1cccc(C(F)C2CC2)c1. The number of benzene rings is 1. The highest BCUT2D eigenvalue weighted by Crippen LogP contribution is 2.43. The van der Waals surface area contributed by atoms with Crippen LogP contribution in [-0.4, -0.2) is 11.1 Å². The maximum Gasteiger partial charge on any atom is 0.307 e. The molecule has 0 aliphatic heterocycles. The smallest absolute Gasteiger partial charge is 0.307 e. The second-order valence-electron chi connectivity index (χ2n) is 4.05. The van der Waals surface area contributed by atoms with Crippen molar-refractivity contribution in [3.05, 3.63) is 35.4 Å². The zero-order chi connectivity index (χ0) is 10.8. The summed E-state index contributed by atoms with van der Waals surface area (Å²) in [6.45, 7) is 0. The Morgan fingerprint density at radius 2 is 2.27 bits per heavy atom. The van der Waals surface area contributed by atoms with E-state index in [1.807, 2.05) is 0 Å². The van der Waals surface area contributed by atoms with Crippen molar-refractivity contribution in [2.24, 2.45) is 5.92 Å². The molecule has 80 valence electrons. The average molecular weight is 208 g/mol. The molecular formula is C12H13FO2. The summed E-state index contributed by atoms with van der Waals surface area (Å²) in [7, 11) is 0. The fourth-order valence-electron chi connectivity index (χ4n) is 1.71. The maximum atomic E-state index is 13.7. The van der Waals surface area contributed by atoms with Crippen LogP contribution in [0.15, 0.2) is 24.3 Å². The van der Waals surface area contributed by atoms with Gasteiger partial charge in [0.25, 0.3) is 0 Å². The van der Waals surface area contributed by atoms with Crippen LogP contribution in [0.5, 0.6) is 0 Å². The summed E-state index contributed by atoms with van der Waals surface area (Å²) in [5.74, 6) is -0.723. The van der Waals surface area contributed by atoms with Gasteiger partial charge in [-0.3, -0.25) is 4.79 Å². The Bertz CT molecular complexity index is 372. The van der Waals surface area contributed by atoms with Gasteiger partial charge in [-0.05, 0) is 29.9 Å². The molecule has 0 spiro atoms. The average Bonchev–Trinajstić information content (AvgIpc) is 2.99. The van der Waals surface area contributed by atoms with Gasteiger partial charge in [-0.15, -0.1) is 0 Å². The Labute approximate surface area is 87.7 Å². The first-order chi connectivity index (χ1) is 7.16. The molecule has 0 heterocycles. The highest BCUT2D eigenvalue weighted by atomic mass is 19.1. The molecule has 1 N–H and O–H groups in total. The van der Waals surface area contributed by atoms with Crippen LogP contribution in [-0.2, 0) is 11.2 Å². The number of rotatable bonds is 4. The highest BCUT2D eigenvalue weighted by molar-refractivity contribution is 5.70. The Morgan fingerprint density at radius 1 is 1.53 bits per heavy atom. The van der Waals surface area contributed by atoms with Crippen LogP contribution < -0.4 is 0 Å². The van der Waals surface area contributed by atoms with Crippen LogP contribution in [0.1, 0.15) is 30.1 Å². The number of halogens is 1. The van der Waals surface area contributed by atoms with E-state index >= 15 is 0 Å². The van der Waals surface area contributed by atoms with Gasteiger partial charge in [0.15, 0.2) is 0 Å². The van der Waals surface area contributed by atoms with E-state index in [9.17, 15) is 9.18 Å². The van der Waals surface area contributed by atoms with Gasteiger partial charge >= 0.3 is 5.97 Å². The largest absolute Gasteiger partial charge is 0.481 e. The van der Waals surface area contributed by atoms with Gasteiger partial charge in [-0.2, -0.15) is 0 Å². The number of carboxylic acids is 1. The zero-order valence-electron chi connectivity index (χ0n) is 8.32. The summed E-state index contributed by atoms with van der Waals surface area (Å²) < 4.78 is 13.7. The Balaban J connectivity index is 2.14. The van der Waals surface area contributed by atoms with Crippen molar-refractivity contribution in [2.75, 3.05) is 0 Å². The van der Waals surface area contributed by atoms with E-state index in [0.717, 1.165) is 12.8 Å². The molecular weight excluding hydrogens is 195 g/mol. The maximum absolute atomic E-state index is 13.7. The molecule has 1 atom stereocenters. The first-order valence-corrected chi connectivity index (χ1v) is 5.11. The summed E-state index contributed by atoms with van der Waals surface area (Å²) in [6, 6.07) is 6.84. The van der Waals surface area contributed by atoms with Crippen molar-refractivity contribution in [3.8, 4) is 0 Å². The minimum Gasteiger partial charge on any atom is -0.481 e. The lowest BCUT2D eigenvalue weighted by atomic mass is 10.0. The lowest BCUT2D eigenvalue weighted by molar-refractivity contribution is -0.136. The van der Waals surface area contributed by atoms with E-state index in [1.165, 1.54) is 0 Å². The first-order valence-electron chi connectivity index (χ1n) is 5.11. The minimum absolute atomic E-state index is 0.0365. The molecule has 2 nitrogen and oxygen atoms in total. The summed E-state index contributed by atoms with van der Waals surface area (Å²) in [5, 5.41) is 8.62. The molecule has 15 heavy (non-hydrogen) atoms. The molecule has 1 saturated carbocycles. The molecule has 0 aromatic heterocycles. The third kappa shape index (κ3) is 2.55. The summed E-state index contributed by atoms with van der Waals surface area (Å²) in [6.07, 6.45) is 0.943. The Kier molecular flexibility index (Phi) is 2.71. The number of hydrogen-bond donors (Lipinski definition) is 1. The standard InChI is InChI=1S/C12H13FO2/c13-12(9-4-5-9)10-3-1-2-8(6-10)7-11(14)15/h1-3,6,9,12H,4-5,7H2,(H,14,15). The van der Waals surface area contributed by atoms with Crippen LogP contribution >= 0.6 is 0 Å². The zero-order valence-corrected chi connectivity index (χ0v) is 8.32.